The molecule has 0 N–H and O–H groups in total. The number of imidazole rings is 1. The van der Waals surface area contributed by atoms with Crippen molar-refractivity contribution >= 4 is 15.9 Å². The van der Waals surface area contributed by atoms with E-state index in [2.05, 4.69) is 4.98 Å². The lowest BCUT2D eigenvalue weighted by atomic mass is 10.3. The van der Waals surface area contributed by atoms with Crippen LogP contribution in [0.2, 0.25) is 0 Å². The Kier molecular flexibility index (Phi) is 4.63. The highest BCUT2D eigenvalue weighted by Gasteiger charge is 2.31. The van der Waals surface area contributed by atoms with Crippen LogP contribution in [-0.2, 0) is 21.4 Å². The van der Waals surface area contributed by atoms with E-state index in [0.717, 1.165) is 6.07 Å². The molecular weight excluding hydrogens is 335 g/mol. The predicted molar refractivity (Wildman–Crippen MR) is 84.0 cm³/mol. The van der Waals surface area contributed by atoms with Crippen molar-refractivity contribution in [2.24, 2.45) is 0 Å². The van der Waals surface area contributed by atoms with Gasteiger partial charge in [0.25, 0.3) is 0 Å². The molecule has 1 aliphatic heterocycles. The monoisotopic (exact) mass is 352 g/mol. The van der Waals surface area contributed by atoms with Crippen molar-refractivity contribution in [3.63, 3.8) is 0 Å². The molecule has 0 bridgehead atoms. The van der Waals surface area contributed by atoms with Crippen molar-refractivity contribution in [2.75, 3.05) is 26.2 Å². The molecule has 0 saturated carbocycles. The van der Waals surface area contributed by atoms with Gasteiger partial charge in [-0.25, -0.2) is 17.8 Å². The molecular formula is C15H17FN4O3S. The second-order valence-corrected chi connectivity index (χ2v) is 7.36. The van der Waals surface area contributed by atoms with Gasteiger partial charge in [0.05, 0.1) is 6.33 Å². The third-order valence-corrected chi connectivity index (χ3v) is 5.85. The summed E-state index contributed by atoms with van der Waals surface area (Å²) < 4.78 is 41.7. The maximum Gasteiger partial charge on any atom is 0.246 e. The lowest BCUT2D eigenvalue weighted by Gasteiger charge is -2.34. The summed E-state index contributed by atoms with van der Waals surface area (Å²) in [6.07, 6.45) is 4.83. The minimum absolute atomic E-state index is 0.101. The van der Waals surface area contributed by atoms with Crippen molar-refractivity contribution in [1.29, 1.82) is 0 Å². The Morgan fingerprint density at radius 1 is 1.17 bits per heavy atom. The second-order valence-electron chi connectivity index (χ2n) is 5.45. The highest BCUT2D eigenvalue weighted by molar-refractivity contribution is 7.89. The second kappa shape index (κ2) is 6.70. The highest BCUT2D eigenvalue weighted by atomic mass is 32.2. The zero-order valence-corrected chi connectivity index (χ0v) is 13.7. The summed E-state index contributed by atoms with van der Waals surface area (Å²) in [6, 6.07) is 5.31. The summed E-state index contributed by atoms with van der Waals surface area (Å²) in [5.41, 5.74) is 0. The first-order chi connectivity index (χ1) is 11.5. The third kappa shape index (κ3) is 3.31. The van der Waals surface area contributed by atoms with Crippen LogP contribution >= 0.6 is 0 Å². The molecule has 0 aliphatic carbocycles. The highest BCUT2D eigenvalue weighted by Crippen LogP contribution is 2.20. The SMILES string of the molecule is O=C(Cn1ccnc1)N1CCN(S(=O)(=O)c2ccccc2F)CC1. The number of hydrogen-bond donors (Lipinski definition) is 0. The van der Waals surface area contributed by atoms with E-state index in [9.17, 15) is 17.6 Å². The van der Waals surface area contributed by atoms with Crippen molar-refractivity contribution in [1.82, 2.24) is 18.8 Å². The van der Waals surface area contributed by atoms with Gasteiger partial charge in [-0.3, -0.25) is 4.79 Å². The zero-order chi connectivity index (χ0) is 17.2. The van der Waals surface area contributed by atoms with Crippen molar-refractivity contribution < 1.29 is 17.6 Å². The molecule has 0 spiro atoms. The molecule has 24 heavy (non-hydrogen) atoms. The van der Waals surface area contributed by atoms with Gasteiger partial charge >= 0.3 is 0 Å². The number of carbonyl (C=O) groups excluding carboxylic acids is 1. The van der Waals surface area contributed by atoms with Crippen molar-refractivity contribution in [3.8, 4) is 0 Å². The number of aromatic nitrogens is 2. The molecule has 3 rings (SSSR count). The zero-order valence-electron chi connectivity index (χ0n) is 12.9. The maximum atomic E-state index is 13.8. The Labute approximate surface area is 139 Å². The molecule has 0 radical (unpaired) electrons. The van der Waals surface area contributed by atoms with Gasteiger partial charge in [-0.15, -0.1) is 0 Å². The first-order valence-electron chi connectivity index (χ1n) is 7.46. The van der Waals surface area contributed by atoms with Crippen LogP contribution in [0, 0.1) is 5.82 Å². The van der Waals surface area contributed by atoms with Crippen molar-refractivity contribution in [3.05, 3.63) is 48.8 Å². The number of carbonyl (C=O) groups is 1. The van der Waals surface area contributed by atoms with Crippen molar-refractivity contribution in [2.45, 2.75) is 11.4 Å². The molecule has 128 valence electrons. The van der Waals surface area contributed by atoms with E-state index in [-0.39, 0.29) is 43.5 Å². The number of benzene rings is 1. The van der Waals surface area contributed by atoms with E-state index in [4.69, 9.17) is 0 Å². The quantitative estimate of drug-likeness (QED) is 0.806. The summed E-state index contributed by atoms with van der Waals surface area (Å²) in [5.74, 6) is -0.868. The van der Waals surface area contributed by atoms with E-state index in [1.165, 1.54) is 22.5 Å². The van der Waals surface area contributed by atoms with Crippen LogP contribution in [0.3, 0.4) is 0 Å². The molecule has 1 aromatic heterocycles. The van der Waals surface area contributed by atoms with Gasteiger partial charge < -0.3 is 9.47 Å². The minimum atomic E-state index is -3.89. The molecule has 1 amide bonds. The first-order valence-corrected chi connectivity index (χ1v) is 8.90. The van der Waals surface area contributed by atoms with Crippen LogP contribution in [-0.4, -0.2) is 59.3 Å². The summed E-state index contributed by atoms with van der Waals surface area (Å²) >= 11 is 0. The number of amides is 1. The average Bonchev–Trinajstić information content (AvgIpc) is 3.08. The summed E-state index contributed by atoms with van der Waals surface area (Å²) in [5, 5.41) is 0. The fraction of sp³-hybridized carbons (Fsp3) is 0.333. The number of sulfonamides is 1. The molecule has 2 aromatic rings. The molecule has 0 atom stereocenters. The molecule has 0 unspecified atom stereocenters. The largest absolute Gasteiger partial charge is 0.339 e. The van der Waals surface area contributed by atoms with Crippen LogP contribution in [0.15, 0.2) is 47.9 Å². The van der Waals surface area contributed by atoms with Gasteiger partial charge in [0.1, 0.15) is 17.3 Å². The molecule has 9 heteroatoms. The predicted octanol–water partition coefficient (Wildman–Crippen LogP) is 0.555. The van der Waals surface area contributed by atoms with E-state index in [0.29, 0.717) is 0 Å². The fourth-order valence-corrected chi connectivity index (χ4v) is 4.09. The topological polar surface area (TPSA) is 75.5 Å². The van der Waals surface area contributed by atoms with Gasteiger partial charge in [0.2, 0.25) is 15.9 Å². The summed E-state index contributed by atoms with van der Waals surface area (Å²) in [6.45, 7) is 1.02. The molecule has 2 heterocycles. The molecule has 1 saturated heterocycles. The lowest BCUT2D eigenvalue weighted by molar-refractivity contribution is -0.133. The van der Waals surface area contributed by atoms with Gasteiger partial charge in [0.15, 0.2) is 0 Å². The Morgan fingerprint density at radius 2 is 1.88 bits per heavy atom. The first kappa shape index (κ1) is 16.6. The van der Waals surface area contributed by atoms with Crippen LogP contribution in [0.4, 0.5) is 4.39 Å². The van der Waals surface area contributed by atoms with E-state index < -0.39 is 15.8 Å². The maximum absolute atomic E-state index is 13.8. The molecule has 1 aromatic carbocycles. The standard InChI is InChI=1S/C15H17FN4O3S/c16-13-3-1-2-4-14(13)24(22,23)20-9-7-19(8-10-20)15(21)11-18-6-5-17-12-18/h1-6,12H,7-11H2. The fourth-order valence-electron chi connectivity index (χ4n) is 2.61. The Morgan fingerprint density at radius 3 is 2.50 bits per heavy atom. The Hall–Kier alpha value is -2.26. The van der Waals surface area contributed by atoms with Gasteiger partial charge in [-0.2, -0.15) is 4.31 Å². The number of halogens is 1. The normalized spacial score (nSPS) is 16.3. The summed E-state index contributed by atoms with van der Waals surface area (Å²) in [7, 11) is -3.89. The van der Waals surface area contributed by atoms with E-state index in [1.54, 1.807) is 28.2 Å². The third-order valence-electron chi connectivity index (χ3n) is 3.92. The van der Waals surface area contributed by atoms with Crippen LogP contribution in [0.1, 0.15) is 0 Å². The van der Waals surface area contributed by atoms with E-state index in [1.807, 2.05) is 0 Å². The molecule has 1 aliphatic rings. The molecule has 1 fully saturated rings. The van der Waals surface area contributed by atoms with Gasteiger partial charge in [-0.1, -0.05) is 12.1 Å². The lowest BCUT2D eigenvalue weighted by Crippen LogP contribution is -2.51. The summed E-state index contributed by atoms with van der Waals surface area (Å²) in [4.78, 5) is 17.3. The number of hydrogen-bond acceptors (Lipinski definition) is 4. The van der Waals surface area contributed by atoms with Gasteiger partial charge in [0, 0.05) is 38.6 Å². The van der Waals surface area contributed by atoms with E-state index >= 15 is 0 Å². The average molecular weight is 352 g/mol. The smallest absolute Gasteiger partial charge is 0.246 e. The Balaban J connectivity index is 1.64. The Bertz CT molecular complexity index is 815. The molecule has 7 nitrogen and oxygen atoms in total. The van der Waals surface area contributed by atoms with Crippen LogP contribution in [0.5, 0.6) is 0 Å². The van der Waals surface area contributed by atoms with Gasteiger partial charge in [-0.05, 0) is 12.1 Å². The number of rotatable bonds is 4. The number of nitrogens with zero attached hydrogens (tertiary/aromatic N) is 4. The number of piperazine rings is 1. The van der Waals surface area contributed by atoms with Crippen LogP contribution < -0.4 is 0 Å². The van der Waals surface area contributed by atoms with Crippen LogP contribution in [0.25, 0.3) is 0 Å². The minimum Gasteiger partial charge on any atom is -0.339 e.